The predicted octanol–water partition coefficient (Wildman–Crippen LogP) is 4.03. The molecule has 22 heavy (non-hydrogen) atoms. The van der Waals surface area contributed by atoms with Crippen LogP contribution in [-0.2, 0) is 11.3 Å². The topological polar surface area (TPSA) is 41.9 Å². The van der Waals surface area contributed by atoms with Gasteiger partial charge in [0.25, 0.3) is 0 Å². The van der Waals surface area contributed by atoms with E-state index in [1.54, 1.807) is 4.90 Å². The van der Waals surface area contributed by atoms with Gasteiger partial charge in [0.2, 0.25) is 0 Å². The minimum absolute atomic E-state index is 0.115. The number of rotatable bonds is 3. The van der Waals surface area contributed by atoms with Gasteiger partial charge < -0.3 is 4.74 Å². The Bertz CT molecular complexity index is 537. The summed E-state index contributed by atoms with van der Waals surface area (Å²) in [5, 5.41) is 0.733. The van der Waals surface area contributed by atoms with Crippen LogP contribution in [0.25, 0.3) is 0 Å². The first-order chi connectivity index (χ1) is 10.4. The fraction of sp³-hybridized carbons (Fsp3) is 0.529. The van der Waals surface area contributed by atoms with Crippen LogP contribution in [0.5, 0.6) is 0 Å². The lowest BCUT2D eigenvalue weighted by atomic mass is 10.2. The molecule has 1 aliphatic rings. The van der Waals surface area contributed by atoms with Gasteiger partial charge in [0.05, 0.1) is 19.1 Å². The summed E-state index contributed by atoms with van der Waals surface area (Å²) in [7, 11) is 0. The molecule has 0 saturated carbocycles. The molecule has 1 amide bonds. The number of likely N-dealkylation sites (tertiary alicyclic amines) is 1. The van der Waals surface area contributed by atoms with Gasteiger partial charge in [0.15, 0.2) is 0 Å². The van der Waals surface area contributed by atoms with Gasteiger partial charge in [-0.15, -0.1) is 0 Å². The van der Waals surface area contributed by atoms with E-state index >= 15 is 0 Å². The summed E-state index contributed by atoms with van der Waals surface area (Å²) in [6.07, 6.45) is 0.541. The Kier molecular flexibility index (Phi) is 5.62. The first-order valence-corrected chi connectivity index (χ1v) is 8.63. The lowest BCUT2D eigenvalue weighted by Gasteiger charge is -2.27. The van der Waals surface area contributed by atoms with Crippen LogP contribution in [0.4, 0.5) is 4.79 Å². The molecule has 1 heterocycles. The van der Waals surface area contributed by atoms with E-state index in [0.29, 0.717) is 13.1 Å². The Morgan fingerprint density at radius 1 is 1.36 bits per heavy atom. The molecule has 5 heteroatoms. The molecule has 1 saturated heterocycles. The fourth-order valence-electron chi connectivity index (χ4n) is 2.35. The summed E-state index contributed by atoms with van der Waals surface area (Å²) in [6, 6.07) is 10.3. The van der Waals surface area contributed by atoms with Crippen LogP contribution in [0.3, 0.4) is 0 Å². The second kappa shape index (κ2) is 7.27. The zero-order chi connectivity index (χ0) is 16.2. The van der Waals surface area contributed by atoms with Crippen molar-refractivity contribution in [3.8, 4) is 0 Å². The Labute approximate surface area is 140 Å². The van der Waals surface area contributed by atoms with E-state index in [2.05, 4.69) is 33.1 Å². The minimum Gasteiger partial charge on any atom is -0.444 e. The van der Waals surface area contributed by atoms with Gasteiger partial charge >= 0.3 is 6.09 Å². The maximum atomic E-state index is 12.3. The third-order valence-electron chi connectivity index (χ3n) is 3.40. The van der Waals surface area contributed by atoms with Crippen molar-refractivity contribution >= 4 is 27.7 Å². The molecular weight excluding hydrogens is 344 g/mol. The van der Waals surface area contributed by atoms with E-state index in [1.165, 1.54) is 5.56 Å². The summed E-state index contributed by atoms with van der Waals surface area (Å²) in [4.78, 5) is 18.7. The van der Waals surface area contributed by atoms with Gasteiger partial charge in [-0.1, -0.05) is 46.3 Å². The molecule has 0 aromatic heterocycles. The van der Waals surface area contributed by atoms with E-state index in [1.807, 2.05) is 39.0 Å². The molecular formula is C17H23BrN2O2. The van der Waals surface area contributed by atoms with Gasteiger partial charge in [-0.2, -0.15) is 0 Å². The highest BCUT2D eigenvalue weighted by atomic mass is 79.9. The molecule has 120 valence electrons. The maximum Gasteiger partial charge on any atom is 0.410 e. The van der Waals surface area contributed by atoms with Gasteiger partial charge in [-0.25, -0.2) is 4.79 Å². The predicted molar refractivity (Wildman–Crippen MR) is 92.7 cm³/mol. The number of hydrogen-bond acceptors (Lipinski definition) is 3. The Balaban J connectivity index is 2.01. The molecule has 1 aliphatic heterocycles. The average molecular weight is 367 g/mol. The highest BCUT2D eigenvalue weighted by Gasteiger charge is 2.34. The smallest absolute Gasteiger partial charge is 0.410 e. The molecule has 0 spiro atoms. The number of halogens is 1. The standard InChI is InChI=1S/C17H23BrN2O2/c1-17(2,3)22-16(21)20-12-14(9-15(20)10-18)19-11-13-7-5-4-6-8-13/h4-8,15H,9-12H2,1-3H3/t15-/m0/s1. The number of hydrogen-bond donors (Lipinski definition) is 0. The Hall–Kier alpha value is -1.36. The van der Waals surface area contributed by atoms with Gasteiger partial charge in [0.1, 0.15) is 5.60 Å². The highest BCUT2D eigenvalue weighted by molar-refractivity contribution is 9.09. The molecule has 1 aromatic carbocycles. The summed E-state index contributed by atoms with van der Waals surface area (Å²) >= 11 is 3.48. The first-order valence-electron chi connectivity index (χ1n) is 7.51. The molecule has 0 aliphatic carbocycles. The van der Waals surface area contributed by atoms with Gasteiger partial charge in [-0.05, 0) is 26.3 Å². The molecule has 1 atom stereocenters. The zero-order valence-electron chi connectivity index (χ0n) is 13.4. The molecule has 1 aromatic rings. The number of carbonyl (C=O) groups excluding carboxylic acids is 1. The Morgan fingerprint density at radius 3 is 2.64 bits per heavy atom. The van der Waals surface area contributed by atoms with Crippen LogP contribution in [-0.4, -0.2) is 40.2 Å². The molecule has 2 rings (SSSR count). The monoisotopic (exact) mass is 366 g/mol. The number of benzene rings is 1. The minimum atomic E-state index is -0.474. The summed E-state index contributed by atoms with van der Waals surface area (Å²) in [5.74, 6) is 0. The average Bonchev–Trinajstić information content (AvgIpc) is 2.88. The third kappa shape index (κ3) is 4.83. The number of ether oxygens (including phenoxy) is 1. The second-order valence-electron chi connectivity index (χ2n) is 6.49. The van der Waals surface area contributed by atoms with Crippen molar-refractivity contribution in [2.24, 2.45) is 4.99 Å². The van der Waals surface area contributed by atoms with Gasteiger partial charge in [0, 0.05) is 17.5 Å². The van der Waals surface area contributed by atoms with Crippen molar-refractivity contribution in [1.29, 1.82) is 0 Å². The van der Waals surface area contributed by atoms with Crippen LogP contribution in [0, 0.1) is 0 Å². The molecule has 1 fully saturated rings. The van der Waals surface area contributed by atoms with Crippen LogP contribution in [0.2, 0.25) is 0 Å². The van der Waals surface area contributed by atoms with Crippen LogP contribution >= 0.6 is 15.9 Å². The largest absolute Gasteiger partial charge is 0.444 e. The quantitative estimate of drug-likeness (QED) is 0.757. The summed E-state index contributed by atoms with van der Waals surface area (Å²) in [5.41, 5.74) is 1.76. The summed E-state index contributed by atoms with van der Waals surface area (Å²) < 4.78 is 5.48. The maximum absolute atomic E-state index is 12.3. The second-order valence-corrected chi connectivity index (χ2v) is 7.14. The number of nitrogens with zero attached hydrogens (tertiary/aromatic N) is 2. The van der Waals surface area contributed by atoms with E-state index in [9.17, 15) is 4.79 Å². The first kappa shape index (κ1) is 17.0. The number of aliphatic imine (C=N–C) groups is 1. The lowest BCUT2D eigenvalue weighted by molar-refractivity contribution is 0.0248. The van der Waals surface area contributed by atoms with E-state index in [4.69, 9.17) is 4.74 Å². The normalized spacial score (nSPS) is 20.5. The van der Waals surface area contributed by atoms with E-state index < -0.39 is 5.60 Å². The van der Waals surface area contributed by atoms with Crippen LogP contribution < -0.4 is 0 Å². The molecule has 0 unspecified atom stereocenters. The van der Waals surface area contributed by atoms with Crippen molar-refractivity contribution in [3.05, 3.63) is 35.9 Å². The number of alkyl halides is 1. The van der Waals surface area contributed by atoms with Crippen LogP contribution in [0.1, 0.15) is 32.8 Å². The highest BCUT2D eigenvalue weighted by Crippen LogP contribution is 2.21. The van der Waals surface area contributed by atoms with Gasteiger partial charge in [-0.3, -0.25) is 9.89 Å². The molecule has 4 nitrogen and oxygen atoms in total. The van der Waals surface area contributed by atoms with E-state index in [-0.39, 0.29) is 12.1 Å². The number of carbonyl (C=O) groups is 1. The van der Waals surface area contributed by atoms with Crippen LogP contribution in [0.15, 0.2) is 35.3 Å². The van der Waals surface area contributed by atoms with Crippen molar-refractivity contribution in [1.82, 2.24) is 4.90 Å². The fourth-order valence-corrected chi connectivity index (χ4v) is 2.92. The number of amides is 1. The van der Waals surface area contributed by atoms with Crippen molar-refractivity contribution in [3.63, 3.8) is 0 Å². The SMILES string of the molecule is CC(C)(C)OC(=O)N1CC(=NCc2ccccc2)C[C@H]1CBr. The zero-order valence-corrected chi connectivity index (χ0v) is 15.0. The molecule has 0 radical (unpaired) electrons. The van der Waals surface area contributed by atoms with Crippen molar-refractivity contribution < 1.29 is 9.53 Å². The molecule has 0 N–H and O–H groups in total. The van der Waals surface area contributed by atoms with Crippen molar-refractivity contribution in [2.75, 3.05) is 11.9 Å². The third-order valence-corrected chi connectivity index (χ3v) is 4.15. The summed E-state index contributed by atoms with van der Waals surface area (Å²) in [6.45, 7) is 6.86. The molecule has 0 bridgehead atoms. The van der Waals surface area contributed by atoms with E-state index in [0.717, 1.165) is 17.5 Å². The van der Waals surface area contributed by atoms with Crippen molar-refractivity contribution in [2.45, 2.75) is 45.4 Å². The lowest BCUT2D eigenvalue weighted by Crippen LogP contribution is -2.40. The Morgan fingerprint density at radius 2 is 2.05 bits per heavy atom.